The van der Waals surface area contributed by atoms with Crippen LogP contribution in [-0.4, -0.2) is 18.4 Å². The summed E-state index contributed by atoms with van der Waals surface area (Å²) in [5.74, 6) is 0.577. The number of hydrogen-bond donors (Lipinski definition) is 1. The molecule has 1 rings (SSSR count). The van der Waals surface area contributed by atoms with Gasteiger partial charge in [-0.15, -0.1) is 11.8 Å². The minimum atomic E-state index is -0.411. The Hall–Kier alpha value is -1.16. The highest BCUT2D eigenvalue weighted by molar-refractivity contribution is 7.98. The van der Waals surface area contributed by atoms with Crippen molar-refractivity contribution in [2.24, 2.45) is 0 Å². The van der Waals surface area contributed by atoms with Crippen molar-refractivity contribution in [3.63, 3.8) is 0 Å². The summed E-state index contributed by atoms with van der Waals surface area (Å²) in [7, 11) is 0. The van der Waals surface area contributed by atoms with Gasteiger partial charge in [0.15, 0.2) is 0 Å². The van der Waals surface area contributed by atoms with Crippen molar-refractivity contribution < 1.29 is 9.53 Å². The average Bonchev–Trinajstić information content (AvgIpc) is 2.16. The van der Waals surface area contributed by atoms with E-state index in [1.165, 1.54) is 4.90 Å². The molecule has 0 spiro atoms. The van der Waals surface area contributed by atoms with E-state index in [0.29, 0.717) is 5.75 Å². The lowest BCUT2D eigenvalue weighted by Gasteiger charge is -2.10. The standard InChI is InChI=1S/C12H17NO2S/c1-8(2)13-12(14)15-10-5-6-11(16-4)9(3)7-10/h5-8H,1-4H3,(H,13,14). The third-order valence-electron chi connectivity index (χ3n) is 1.98. The minimum absolute atomic E-state index is 0.0825. The number of rotatable bonds is 3. The minimum Gasteiger partial charge on any atom is -0.410 e. The zero-order valence-electron chi connectivity index (χ0n) is 10.0. The molecule has 0 aliphatic rings. The number of benzene rings is 1. The Labute approximate surface area is 101 Å². The average molecular weight is 239 g/mol. The lowest BCUT2D eigenvalue weighted by molar-refractivity contribution is 0.197. The molecular weight excluding hydrogens is 222 g/mol. The summed E-state index contributed by atoms with van der Waals surface area (Å²) in [5, 5.41) is 2.67. The van der Waals surface area contributed by atoms with Gasteiger partial charge in [0.05, 0.1) is 0 Å². The summed E-state index contributed by atoms with van der Waals surface area (Å²) in [4.78, 5) is 12.5. The molecule has 0 unspecified atom stereocenters. The van der Waals surface area contributed by atoms with E-state index in [2.05, 4.69) is 5.32 Å². The lowest BCUT2D eigenvalue weighted by atomic mass is 10.2. The molecular formula is C12H17NO2S. The van der Waals surface area contributed by atoms with Crippen molar-refractivity contribution in [2.45, 2.75) is 31.7 Å². The Morgan fingerprint density at radius 1 is 1.44 bits per heavy atom. The first-order valence-corrected chi connectivity index (χ1v) is 6.38. The SMILES string of the molecule is CSc1ccc(OC(=O)NC(C)C)cc1C. The zero-order chi connectivity index (χ0) is 12.1. The van der Waals surface area contributed by atoms with Gasteiger partial charge in [-0.2, -0.15) is 0 Å². The van der Waals surface area contributed by atoms with Crippen molar-refractivity contribution in [1.29, 1.82) is 0 Å². The van der Waals surface area contributed by atoms with E-state index in [9.17, 15) is 4.79 Å². The molecule has 0 aliphatic heterocycles. The van der Waals surface area contributed by atoms with Crippen molar-refractivity contribution >= 4 is 17.9 Å². The Morgan fingerprint density at radius 3 is 2.62 bits per heavy atom. The topological polar surface area (TPSA) is 38.3 Å². The number of amides is 1. The summed E-state index contributed by atoms with van der Waals surface area (Å²) >= 11 is 1.68. The highest BCUT2D eigenvalue weighted by Gasteiger charge is 2.06. The van der Waals surface area contributed by atoms with Crippen LogP contribution in [0.1, 0.15) is 19.4 Å². The summed E-state index contributed by atoms with van der Waals surface area (Å²) in [6.07, 6.45) is 1.61. The molecule has 0 saturated heterocycles. The van der Waals surface area contributed by atoms with Gasteiger partial charge in [-0.25, -0.2) is 4.79 Å². The van der Waals surface area contributed by atoms with Crippen molar-refractivity contribution in [3.05, 3.63) is 23.8 Å². The molecule has 0 aliphatic carbocycles. The van der Waals surface area contributed by atoms with E-state index in [0.717, 1.165) is 5.56 Å². The summed E-state index contributed by atoms with van der Waals surface area (Å²) in [6, 6.07) is 5.71. The second kappa shape index (κ2) is 5.80. The number of ether oxygens (including phenoxy) is 1. The Bertz CT molecular complexity index is 377. The summed E-state index contributed by atoms with van der Waals surface area (Å²) < 4.78 is 5.15. The van der Waals surface area contributed by atoms with E-state index in [-0.39, 0.29) is 6.04 Å². The van der Waals surface area contributed by atoms with Crippen molar-refractivity contribution in [1.82, 2.24) is 5.32 Å². The first kappa shape index (κ1) is 12.9. The fourth-order valence-corrected chi connectivity index (χ4v) is 1.87. The van der Waals surface area contributed by atoms with Gasteiger partial charge in [0.25, 0.3) is 0 Å². The fourth-order valence-electron chi connectivity index (χ4n) is 1.29. The van der Waals surface area contributed by atoms with Crippen LogP contribution in [0.2, 0.25) is 0 Å². The molecule has 88 valence electrons. The third-order valence-corrected chi connectivity index (χ3v) is 2.88. The molecule has 0 aromatic heterocycles. The Balaban J connectivity index is 2.68. The molecule has 0 atom stereocenters. The number of thioether (sulfide) groups is 1. The zero-order valence-corrected chi connectivity index (χ0v) is 10.9. The van der Waals surface area contributed by atoms with E-state index in [4.69, 9.17) is 4.74 Å². The monoisotopic (exact) mass is 239 g/mol. The largest absolute Gasteiger partial charge is 0.412 e. The second-order valence-electron chi connectivity index (χ2n) is 3.82. The predicted molar refractivity (Wildman–Crippen MR) is 67.3 cm³/mol. The molecule has 1 aromatic rings. The molecule has 0 radical (unpaired) electrons. The van der Waals surface area contributed by atoms with Crippen LogP contribution in [0, 0.1) is 6.92 Å². The molecule has 1 amide bonds. The summed E-state index contributed by atoms with van der Waals surface area (Å²) in [6.45, 7) is 5.78. The molecule has 0 bridgehead atoms. The number of hydrogen-bond acceptors (Lipinski definition) is 3. The second-order valence-corrected chi connectivity index (χ2v) is 4.67. The molecule has 3 nitrogen and oxygen atoms in total. The van der Waals surface area contributed by atoms with Gasteiger partial charge < -0.3 is 10.1 Å². The van der Waals surface area contributed by atoms with Crippen LogP contribution in [0.5, 0.6) is 5.75 Å². The lowest BCUT2D eigenvalue weighted by Crippen LogP contribution is -2.32. The molecule has 4 heteroatoms. The van der Waals surface area contributed by atoms with E-state index in [1.54, 1.807) is 17.8 Å². The Kier molecular flexibility index (Phi) is 4.68. The fraction of sp³-hybridized carbons (Fsp3) is 0.417. The van der Waals surface area contributed by atoms with Crippen molar-refractivity contribution in [2.75, 3.05) is 6.26 Å². The summed E-state index contributed by atoms with van der Waals surface area (Å²) in [5.41, 5.74) is 1.11. The van der Waals surface area contributed by atoms with Crippen LogP contribution in [0.15, 0.2) is 23.1 Å². The van der Waals surface area contributed by atoms with Gasteiger partial charge in [0, 0.05) is 10.9 Å². The van der Waals surface area contributed by atoms with Gasteiger partial charge in [0.1, 0.15) is 5.75 Å². The number of carbonyl (C=O) groups is 1. The van der Waals surface area contributed by atoms with Gasteiger partial charge in [0.2, 0.25) is 0 Å². The maximum Gasteiger partial charge on any atom is 0.412 e. The van der Waals surface area contributed by atoms with Crippen LogP contribution >= 0.6 is 11.8 Å². The number of carbonyl (C=O) groups excluding carboxylic acids is 1. The number of nitrogens with one attached hydrogen (secondary N) is 1. The number of aryl methyl sites for hydroxylation is 1. The van der Waals surface area contributed by atoms with E-state index < -0.39 is 6.09 Å². The highest BCUT2D eigenvalue weighted by atomic mass is 32.2. The smallest absolute Gasteiger partial charge is 0.410 e. The van der Waals surface area contributed by atoms with Crippen LogP contribution in [0.4, 0.5) is 4.79 Å². The first-order chi connectivity index (χ1) is 7.52. The predicted octanol–water partition coefficient (Wildman–Crippen LogP) is 3.21. The first-order valence-electron chi connectivity index (χ1n) is 5.16. The van der Waals surface area contributed by atoms with Gasteiger partial charge in [-0.3, -0.25) is 0 Å². The van der Waals surface area contributed by atoms with Crippen molar-refractivity contribution in [3.8, 4) is 5.75 Å². The van der Waals surface area contributed by atoms with Crippen LogP contribution < -0.4 is 10.1 Å². The van der Waals surface area contributed by atoms with Crippen LogP contribution in [-0.2, 0) is 0 Å². The van der Waals surface area contributed by atoms with Crippen LogP contribution in [0.25, 0.3) is 0 Å². The molecule has 1 N–H and O–H groups in total. The normalized spacial score (nSPS) is 10.3. The molecule has 0 fully saturated rings. The molecule has 0 heterocycles. The Morgan fingerprint density at radius 2 is 2.12 bits per heavy atom. The van der Waals surface area contributed by atoms with E-state index >= 15 is 0 Å². The van der Waals surface area contributed by atoms with Gasteiger partial charge in [-0.05, 0) is 50.8 Å². The maximum absolute atomic E-state index is 11.4. The van der Waals surface area contributed by atoms with E-state index in [1.807, 2.05) is 39.2 Å². The highest BCUT2D eigenvalue weighted by Crippen LogP contribution is 2.24. The quantitative estimate of drug-likeness (QED) is 0.823. The molecule has 16 heavy (non-hydrogen) atoms. The van der Waals surface area contributed by atoms with Gasteiger partial charge >= 0.3 is 6.09 Å². The maximum atomic E-state index is 11.4. The van der Waals surface area contributed by atoms with Crippen LogP contribution in [0.3, 0.4) is 0 Å². The third kappa shape index (κ3) is 3.77. The van der Waals surface area contributed by atoms with Gasteiger partial charge in [-0.1, -0.05) is 0 Å². The molecule has 1 aromatic carbocycles. The molecule has 0 saturated carbocycles.